The molecule has 154 valence electrons. The van der Waals surface area contributed by atoms with E-state index in [1.54, 1.807) is 19.4 Å². The minimum Gasteiger partial charge on any atom is -0.504 e. The Hall–Kier alpha value is -2.99. The van der Waals surface area contributed by atoms with E-state index in [4.69, 9.17) is 9.47 Å². The highest BCUT2D eigenvalue weighted by Crippen LogP contribution is 2.28. The van der Waals surface area contributed by atoms with Crippen molar-refractivity contribution in [1.29, 1.82) is 0 Å². The molecular formula is C22H32N2O4. The highest BCUT2D eigenvalue weighted by molar-refractivity contribution is 5.80. The zero-order valence-corrected chi connectivity index (χ0v) is 17.3. The monoisotopic (exact) mass is 388 g/mol. The topological polar surface area (TPSA) is 97.3 Å². The van der Waals surface area contributed by atoms with E-state index in [1.807, 2.05) is 51.1 Å². The zero-order chi connectivity index (χ0) is 21.4. The largest absolute Gasteiger partial charge is 0.504 e. The number of hydrogen-bond donors (Lipinski definition) is 3. The number of methoxy groups -OCH3 is 1. The first kappa shape index (κ1) is 25.0. The van der Waals surface area contributed by atoms with Gasteiger partial charge in [-0.1, -0.05) is 44.2 Å². The second kappa shape index (κ2) is 15.1. The van der Waals surface area contributed by atoms with Crippen LogP contribution in [-0.2, 0) is 4.74 Å². The maximum Gasteiger partial charge on any atom is 0.161 e. The van der Waals surface area contributed by atoms with Crippen LogP contribution < -0.4 is 10.5 Å². The lowest BCUT2D eigenvalue weighted by molar-refractivity contribution is 0.278. The molecule has 0 saturated heterocycles. The number of aliphatic imine (C=N–C) groups is 1. The average molecular weight is 389 g/mol. The van der Waals surface area contributed by atoms with Crippen LogP contribution in [-0.4, -0.2) is 37.2 Å². The molecule has 0 fully saturated rings. The van der Waals surface area contributed by atoms with Gasteiger partial charge in [0.05, 0.1) is 19.4 Å². The normalized spacial score (nSPS) is 10.8. The Bertz CT molecular complexity index is 729. The van der Waals surface area contributed by atoms with Crippen molar-refractivity contribution in [2.75, 3.05) is 20.8 Å². The number of hydrogen-bond acceptors (Lipinski definition) is 6. The van der Waals surface area contributed by atoms with E-state index in [2.05, 4.69) is 10.7 Å². The molecule has 28 heavy (non-hydrogen) atoms. The molecule has 0 radical (unpaired) electrons. The summed E-state index contributed by atoms with van der Waals surface area (Å²) in [4.78, 5) is 4.49. The van der Waals surface area contributed by atoms with E-state index in [0.29, 0.717) is 18.8 Å². The van der Waals surface area contributed by atoms with Crippen LogP contribution in [0.15, 0.2) is 65.0 Å². The van der Waals surface area contributed by atoms with Gasteiger partial charge in [0.15, 0.2) is 11.5 Å². The maximum atomic E-state index is 9.46. The number of benzene rings is 2. The minimum atomic E-state index is -0.210. The third-order valence-electron chi connectivity index (χ3n) is 3.44. The quantitative estimate of drug-likeness (QED) is 0.369. The molecule has 6 nitrogen and oxygen atoms in total. The molecule has 0 heterocycles. The van der Waals surface area contributed by atoms with Gasteiger partial charge in [-0.3, -0.25) is 4.99 Å². The van der Waals surface area contributed by atoms with Crippen LogP contribution in [0.3, 0.4) is 0 Å². The van der Waals surface area contributed by atoms with Gasteiger partial charge >= 0.3 is 0 Å². The molecule has 2 rings (SSSR count). The Labute approximate surface area is 168 Å². The second-order valence-corrected chi connectivity index (χ2v) is 5.12. The third-order valence-corrected chi connectivity index (χ3v) is 3.44. The van der Waals surface area contributed by atoms with Crippen LogP contribution in [0.5, 0.6) is 17.2 Å². The number of rotatable bonds is 7. The first-order valence-electron chi connectivity index (χ1n) is 9.15. The maximum absolute atomic E-state index is 9.46. The number of phenols is 2. The standard InChI is InChI=1S/C19H21NO4.C2H6.CH5N/c1-14(23-2)17(20-13-15-6-4-3-5-7-15)10-11-24-16-8-9-18(21)19(22)12-16;2*1-2/h3-9,12-13,21-22H,10-11H2,1-2H3;1-2H3;2H2,1H3/b17-14-,20-13?;;. The van der Waals surface area contributed by atoms with Crippen LogP contribution >= 0.6 is 0 Å². The number of nitrogens with two attached hydrogens (primary N) is 1. The first-order chi connectivity index (χ1) is 13.6. The summed E-state index contributed by atoms with van der Waals surface area (Å²) in [5.74, 6) is 0.815. The summed E-state index contributed by atoms with van der Waals surface area (Å²) in [6, 6.07) is 14.1. The Morgan fingerprint density at radius 2 is 1.68 bits per heavy atom. The molecule has 0 spiro atoms. The van der Waals surface area contributed by atoms with Gasteiger partial charge in [-0.15, -0.1) is 0 Å². The van der Waals surface area contributed by atoms with Crippen molar-refractivity contribution < 1.29 is 19.7 Å². The third kappa shape index (κ3) is 9.09. The molecule has 0 aliphatic heterocycles. The van der Waals surface area contributed by atoms with E-state index >= 15 is 0 Å². The Kier molecular flexibility index (Phi) is 13.5. The van der Waals surface area contributed by atoms with Gasteiger partial charge in [0.2, 0.25) is 0 Å². The van der Waals surface area contributed by atoms with Crippen LogP contribution in [0.2, 0.25) is 0 Å². The van der Waals surface area contributed by atoms with Crippen molar-refractivity contribution >= 4 is 6.21 Å². The fraction of sp³-hybridized carbons (Fsp3) is 0.318. The van der Waals surface area contributed by atoms with Gasteiger partial charge in [-0.2, -0.15) is 0 Å². The van der Waals surface area contributed by atoms with E-state index in [0.717, 1.165) is 17.0 Å². The van der Waals surface area contributed by atoms with Crippen LogP contribution in [0, 0.1) is 0 Å². The Balaban J connectivity index is 0.00000171. The van der Waals surface area contributed by atoms with Crippen molar-refractivity contribution in [2.24, 2.45) is 10.7 Å². The summed E-state index contributed by atoms with van der Waals surface area (Å²) < 4.78 is 10.9. The van der Waals surface area contributed by atoms with Gasteiger partial charge in [0.1, 0.15) is 11.5 Å². The molecule has 4 N–H and O–H groups in total. The van der Waals surface area contributed by atoms with Crippen molar-refractivity contribution in [2.45, 2.75) is 27.2 Å². The van der Waals surface area contributed by atoms with Crippen LogP contribution in [0.1, 0.15) is 32.8 Å². The lowest BCUT2D eigenvalue weighted by atomic mass is 10.2. The second-order valence-electron chi connectivity index (χ2n) is 5.12. The fourth-order valence-electron chi connectivity index (χ4n) is 2.00. The van der Waals surface area contributed by atoms with Crippen molar-refractivity contribution in [3.05, 3.63) is 65.6 Å². The van der Waals surface area contributed by atoms with Crippen molar-refractivity contribution in [1.82, 2.24) is 0 Å². The highest BCUT2D eigenvalue weighted by atomic mass is 16.5. The summed E-state index contributed by atoms with van der Waals surface area (Å²) >= 11 is 0. The molecule has 0 amide bonds. The molecule has 0 unspecified atom stereocenters. The number of allylic oxidation sites excluding steroid dienone is 1. The summed E-state index contributed by atoms with van der Waals surface area (Å²) in [5.41, 5.74) is 6.28. The fourth-order valence-corrected chi connectivity index (χ4v) is 2.00. The number of phenolic OH excluding ortho intramolecular Hbond substituents is 2. The predicted molar refractivity (Wildman–Crippen MR) is 115 cm³/mol. The molecule has 0 aliphatic carbocycles. The molecule has 2 aromatic rings. The van der Waals surface area contributed by atoms with Gasteiger partial charge in [0.25, 0.3) is 0 Å². The SMILES string of the molecule is CC.CN.CO/C(C)=C(/CCOc1ccc(O)c(O)c1)N=Cc1ccccc1. The lowest BCUT2D eigenvalue weighted by Crippen LogP contribution is -2.01. The van der Waals surface area contributed by atoms with Gasteiger partial charge in [0, 0.05) is 18.7 Å². The lowest BCUT2D eigenvalue weighted by Gasteiger charge is -2.09. The van der Waals surface area contributed by atoms with Crippen molar-refractivity contribution in [3.8, 4) is 17.2 Å². The van der Waals surface area contributed by atoms with Gasteiger partial charge in [-0.05, 0) is 31.7 Å². The van der Waals surface area contributed by atoms with Gasteiger partial charge < -0.3 is 25.4 Å². The van der Waals surface area contributed by atoms with E-state index < -0.39 is 0 Å². The predicted octanol–water partition coefficient (Wildman–Crippen LogP) is 4.46. The number of ether oxygens (including phenoxy) is 2. The Morgan fingerprint density at radius 3 is 2.25 bits per heavy atom. The summed E-state index contributed by atoms with van der Waals surface area (Å²) in [7, 11) is 3.10. The van der Waals surface area contributed by atoms with E-state index in [-0.39, 0.29) is 11.5 Å². The summed E-state index contributed by atoms with van der Waals surface area (Å²) in [6.45, 7) is 6.22. The molecule has 2 aromatic carbocycles. The molecule has 0 atom stereocenters. The molecule has 0 aromatic heterocycles. The number of nitrogens with zero attached hydrogens (tertiary/aromatic N) is 1. The summed E-state index contributed by atoms with van der Waals surface area (Å²) in [6.07, 6.45) is 2.33. The summed E-state index contributed by atoms with van der Waals surface area (Å²) in [5, 5.41) is 18.8. The van der Waals surface area contributed by atoms with E-state index in [1.165, 1.54) is 19.2 Å². The molecular weight excluding hydrogens is 356 g/mol. The van der Waals surface area contributed by atoms with Crippen molar-refractivity contribution in [3.63, 3.8) is 0 Å². The van der Waals surface area contributed by atoms with E-state index in [9.17, 15) is 10.2 Å². The Morgan fingerprint density at radius 1 is 1.04 bits per heavy atom. The number of aromatic hydroxyl groups is 2. The highest BCUT2D eigenvalue weighted by Gasteiger charge is 2.05. The first-order valence-corrected chi connectivity index (χ1v) is 9.15. The molecule has 6 heteroatoms. The minimum absolute atomic E-state index is 0.175. The average Bonchev–Trinajstić information content (AvgIpc) is 2.76. The van der Waals surface area contributed by atoms with Crippen LogP contribution in [0.4, 0.5) is 0 Å². The van der Waals surface area contributed by atoms with Crippen LogP contribution in [0.25, 0.3) is 0 Å². The molecule has 0 bridgehead atoms. The molecule has 0 saturated carbocycles. The molecule has 0 aliphatic rings. The zero-order valence-electron chi connectivity index (χ0n) is 17.3. The smallest absolute Gasteiger partial charge is 0.161 e. The van der Waals surface area contributed by atoms with Gasteiger partial charge in [-0.25, -0.2) is 0 Å².